The summed E-state index contributed by atoms with van der Waals surface area (Å²) in [6.45, 7) is 5.30. The highest BCUT2D eigenvalue weighted by molar-refractivity contribution is 9.10. The summed E-state index contributed by atoms with van der Waals surface area (Å²) in [6, 6.07) is 12.0. The highest BCUT2D eigenvalue weighted by Crippen LogP contribution is 2.34. The molecule has 4 rings (SSSR count). The van der Waals surface area contributed by atoms with Gasteiger partial charge in [-0.25, -0.2) is 9.79 Å². The molecule has 0 saturated heterocycles. The van der Waals surface area contributed by atoms with Gasteiger partial charge in [0.15, 0.2) is 16.3 Å². The predicted molar refractivity (Wildman–Crippen MR) is 134 cm³/mol. The molecule has 1 aliphatic heterocycles. The first kappa shape index (κ1) is 24.0. The number of allylic oxidation sites excluding steroid dienone is 1. The van der Waals surface area contributed by atoms with Crippen molar-refractivity contribution in [3.05, 3.63) is 89.0 Å². The standard InChI is InChI=1S/C25H23BrN2O5S/c1-13(2)33-24(31)20-14(3)27-25-28(21(20)15-8-6-5-7-9-15)23(30)19(34-25)11-16-10-17(26)12-18(32-4)22(16)29/h5-13,21,29H,1-4H3. The summed E-state index contributed by atoms with van der Waals surface area (Å²) in [5, 5.41) is 10.6. The van der Waals surface area contributed by atoms with Gasteiger partial charge in [-0.05, 0) is 44.5 Å². The topological polar surface area (TPSA) is 90.1 Å². The molecule has 0 radical (unpaired) electrons. The van der Waals surface area contributed by atoms with E-state index in [4.69, 9.17) is 9.47 Å². The van der Waals surface area contributed by atoms with Gasteiger partial charge in [0.1, 0.15) is 0 Å². The van der Waals surface area contributed by atoms with Crippen molar-refractivity contribution in [2.24, 2.45) is 4.99 Å². The number of nitrogens with zero attached hydrogens (tertiary/aromatic N) is 2. The number of fused-ring (bicyclic) bond motifs is 1. The fourth-order valence-electron chi connectivity index (χ4n) is 3.81. The Hall–Kier alpha value is -3.17. The van der Waals surface area contributed by atoms with Crippen LogP contribution in [0.5, 0.6) is 11.5 Å². The molecule has 0 saturated carbocycles. The van der Waals surface area contributed by atoms with Crippen LogP contribution >= 0.6 is 27.3 Å². The van der Waals surface area contributed by atoms with Crippen LogP contribution in [0.2, 0.25) is 0 Å². The van der Waals surface area contributed by atoms with E-state index < -0.39 is 12.0 Å². The van der Waals surface area contributed by atoms with Crippen LogP contribution in [0.4, 0.5) is 0 Å². The molecule has 0 fully saturated rings. The molecule has 1 atom stereocenters. The molecule has 9 heteroatoms. The molecule has 2 aromatic carbocycles. The molecule has 3 aromatic rings. The molecule has 1 N–H and O–H groups in total. The van der Waals surface area contributed by atoms with E-state index in [1.54, 1.807) is 39.0 Å². The molecule has 0 aliphatic carbocycles. The number of carbonyl (C=O) groups excluding carboxylic acids is 1. The Labute approximate surface area is 208 Å². The van der Waals surface area contributed by atoms with Gasteiger partial charge in [0.25, 0.3) is 5.56 Å². The van der Waals surface area contributed by atoms with Crippen LogP contribution in [0.3, 0.4) is 0 Å². The van der Waals surface area contributed by atoms with Gasteiger partial charge in [0.2, 0.25) is 0 Å². The Morgan fingerprint density at radius 3 is 2.62 bits per heavy atom. The number of aromatic hydroxyl groups is 1. The number of carbonyl (C=O) groups is 1. The van der Waals surface area contributed by atoms with Crippen LogP contribution in [0.1, 0.15) is 37.9 Å². The number of benzene rings is 2. The van der Waals surface area contributed by atoms with E-state index in [0.29, 0.717) is 30.6 Å². The Balaban J connectivity index is 1.96. The van der Waals surface area contributed by atoms with Gasteiger partial charge in [-0.1, -0.05) is 57.6 Å². The summed E-state index contributed by atoms with van der Waals surface area (Å²) < 4.78 is 13.3. The zero-order valence-electron chi connectivity index (χ0n) is 19.0. The number of methoxy groups -OCH3 is 1. The number of esters is 1. The van der Waals surface area contributed by atoms with Crippen molar-refractivity contribution in [1.29, 1.82) is 0 Å². The fraction of sp³-hybridized carbons (Fsp3) is 0.240. The summed E-state index contributed by atoms with van der Waals surface area (Å²) in [5.74, 6) is -0.299. The highest BCUT2D eigenvalue weighted by Gasteiger charge is 2.33. The molecular formula is C25H23BrN2O5S. The smallest absolute Gasteiger partial charge is 0.338 e. The lowest BCUT2D eigenvalue weighted by molar-refractivity contribution is -0.143. The number of phenols is 1. The Morgan fingerprint density at radius 2 is 1.97 bits per heavy atom. The SMILES string of the molecule is COc1cc(Br)cc(C=c2sc3n(c2=O)C(c2ccccc2)C(C(=O)OC(C)C)=C(C)N=3)c1O. The summed E-state index contributed by atoms with van der Waals surface area (Å²) in [5.41, 5.74) is 1.69. The number of thiazole rings is 1. The monoisotopic (exact) mass is 542 g/mol. The van der Waals surface area contributed by atoms with Crippen LogP contribution in [0, 0.1) is 0 Å². The molecule has 7 nitrogen and oxygen atoms in total. The van der Waals surface area contributed by atoms with E-state index in [-0.39, 0.29) is 23.2 Å². The van der Waals surface area contributed by atoms with Gasteiger partial charge in [-0.2, -0.15) is 0 Å². The molecule has 1 unspecified atom stereocenters. The van der Waals surface area contributed by atoms with Crippen molar-refractivity contribution in [3.8, 4) is 11.5 Å². The first-order chi connectivity index (χ1) is 16.2. The van der Waals surface area contributed by atoms with E-state index in [1.807, 2.05) is 30.3 Å². The Bertz CT molecular complexity index is 1470. The zero-order chi connectivity index (χ0) is 24.6. The Kier molecular flexibility index (Phi) is 6.77. The predicted octanol–water partition coefficient (Wildman–Crippen LogP) is 3.66. The van der Waals surface area contributed by atoms with E-state index in [0.717, 1.165) is 5.56 Å². The maximum Gasteiger partial charge on any atom is 0.338 e. The van der Waals surface area contributed by atoms with Crippen molar-refractivity contribution >= 4 is 39.3 Å². The van der Waals surface area contributed by atoms with Crippen molar-refractivity contribution < 1.29 is 19.4 Å². The highest BCUT2D eigenvalue weighted by atomic mass is 79.9. The van der Waals surface area contributed by atoms with Crippen molar-refractivity contribution in [3.63, 3.8) is 0 Å². The van der Waals surface area contributed by atoms with Crippen LogP contribution in [0.15, 0.2) is 68.0 Å². The molecule has 0 amide bonds. The number of aromatic nitrogens is 1. The van der Waals surface area contributed by atoms with Crippen LogP contribution in [0.25, 0.3) is 6.08 Å². The lowest BCUT2D eigenvalue weighted by atomic mass is 9.96. The fourth-order valence-corrected chi connectivity index (χ4v) is 5.30. The second-order valence-corrected chi connectivity index (χ2v) is 9.92. The van der Waals surface area contributed by atoms with Gasteiger partial charge >= 0.3 is 5.97 Å². The van der Waals surface area contributed by atoms with E-state index in [2.05, 4.69) is 20.9 Å². The number of halogens is 1. The van der Waals surface area contributed by atoms with Gasteiger partial charge in [-0.3, -0.25) is 9.36 Å². The van der Waals surface area contributed by atoms with E-state index >= 15 is 0 Å². The lowest BCUT2D eigenvalue weighted by Crippen LogP contribution is -2.40. The maximum absolute atomic E-state index is 13.6. The summed E-state index contributed by atoms with van der Waals surface area (Å²) in [6.07, 6.45) is 1.28. The zero-order valence-corrected chi connectivity index (χ0v) is 21.4. The quantitative estimate of drug-likeness (QED) is 0.497. The van der Waals surface area contributed by atoms with Crippen LogP contribution in [-0.2, 0) is 9.53 Å². The molecule has 2 heterocycles. The molecule has 1 aromatic heterocycles. The first-order valence-corrected chi connectivity index (χ1v) is 12.2. The van der Waals surface area contributed by atoms with Crippen molar-refractivity contribution in [2.45, 2.75) is 32.9 Å². The summed E-state index contributed by atoms with van der Waals surface area (Å²) >= 11 is 4.59. The van der Waals surface area contributed by atoms with Crippen molar-refractivity contribution in [2.75, 3.05) is 7.11 Å². The largest absolute Gasteiger partial charge is 0.504 e. The third-order valence-corrected chi connectivity index (χ3v) is 6.72. The molecular weight excluding hydrogens is 520 g/mol. The molecule has 1 aliphatic rings. The minimum absolute atomic E-state index is 0.0754. The third-order valence-electron chi connectivity index (χ3n) is 5.28. The lowest BCUT2D eigenvalue weighted by Gasteiger charge is -2.25. The number of rotatable bonds is 5. The number of hydrogen-bond acceptors (Lipinski definition) is 7. The van der Waals surface area contributed by atoms with Gasteiger partial charge in [0, 0.05) is 10.0 Å². The minimum Gasteiger partial charge on any atom is -0.504 e. The van der Waals surface area contributed by atoms with Gasteiger partial charge in [0.05, 0.1) is 35.1 Å². The number of phenolic OH excluding ortho intramolecular Hbond substituents is 1. The minimum atomic E-state index is -0.684. The van der Waals surface area contributed by atoms with Crippen LogP contribution < -0.4 is 19.6 Å². The average Bonchev–Trinajstić information content (AvgIpc) is 3.09. The first-order valence-electron chi connectivity index (χ1n) is 10.6. The van der Waals surface area contributed by atoms with Crippen LogP contribution in [-0.4, -0.2) is 28.9 Å². The van der Waals surface area contributed by atoms with Gasteiger partial charge < -0.3 is 14.6 Å². The Morgan fingerprint density at radius 1 is 1.26 bits per heavy atom. The van der Waals surface area contributed by atoms with Crippen molar-refractivity contribution in [1.82, 2.24) is 4.57 Å². The molecule has 34 heavy (non-hydrogen) atoms. The number of hydrogen-bond donors (Lipinski definition) is 1. The maximum atomic E-state index is 13.6. The molecule has 0 spiro atoms. The molecule has 0 bridgehead atoms. The van der Waals surface area contributed by atoms with Gasteiger partial charge in [-0.15, -0.1) is 0 Å². The molecule has 176 valence electrons. The average molecular weight is 543 g/mol. The normalized spacial score (nSPS) is 15.8. The second-order valence-electron chi connectivity index (χ2n) is 7.99. The number of ether oxygens (including phenoxy) is 2. The third kappa shape index (κ3) is 4.45. The summed E-state index contributed by atoms with van der Waals surface area (Å²) in [4.78, 5) is 31.7. The van der Waals surface area contributed by atoms with E-state index in [1.165, 1.54) is 23.0 Å². The summed E-state index contributed by atoms with van der Waals surface area (Å²) in [7, 11) is 1.46. The van der Waals surface area contributed by atoms with E-state index in [9.17, 15) is 14.7 Å². The second kappa shape index (κ2) is 9.60.